The molecule has 8 nitrogen and oxygen atoms in total. The van der Waals surface area contributed by atoms with Crippen molar-refractivity contribution in [2.45, 2.75) is 63.2 Å². The first-order valence-corrected chi connectivity index (χ1v) is 10.6. The number of likely N-dealkylation sites (tertiary alicyclic amines) is 1. The number of amides is 2. The summed E-state index contributed by atoms with van der Waals surface area (Å²) < 4.78 is 43.7. The maximum Gasteiger partial charge on any atom is 0.322 e. The number of H-pyrrole nitrogens is 1. The molecule has 0 atom stereocenters. The lowest BCUT2D eigenvalue weighted by molar-refractivity contribution is -0.0721. The van der Waals surface area contributed by atoms with Crippen molar-refractivity contribution < 1.29 is 18.0 Å². The van der Waals surface area contributed by atoms with Gasteiger partial charge in [0.2, 0.25) is 0 Å². The Hall–Kier alpha value is -3.11. The molecule has 4 heterocycles. The van der Waals surface area contributed by atoms with Crippen molar-refractivity contribution in [3.05, 3.63) is 24.7 Å². The molecule has 11 heteroatoms. The number of alkyl halides is 3. The van der Waals surface area contributed by atoms with Crippen LogP contribution in [0.15, 0.2) is 24.7 Å². The summed E-state index contributed by atoms with van der Waals surface area (Å²) in [4.78, 5) is 18.6. The summed E-state index contributed by atoms with van der Waals surface area (Å²) in [5.74, 6) is -2.89. The largest absolute Gasteiger partial charge is 0.322 e. The Morgan fingerprint density at radius 1 is 1.22 bits per heavy atom. The molecule has 2 N–H and O–H groups in total. The molecule has 5 rings (SSSR count). The predicted octanol–water partition coefficient (Wildman–Crippen LogP) is 4.37. The third-order valence-electron chi connectivity index (χ3n) is 6.18. The van der Waals surface area contributed by atoms with Crippen molar-refractivity contribution in [3.63, 3.8) is 0 Å². The fraction of sp³-hybridized carbons (Fsp3) is 0.524. The summed E-state index contributed by atoms with van der Waals surface area (Å²) in [5.41, 5.74) is 0.00193. The van der Waals surface area contributed by atoms with E-state index in [0.717, 1.165) is 18.2 Å². The standard InChI is InChI=1S/C21H24F3N7O/c1-19(2,22)11-31-16-7-14(25-8-13(16)9-27-31)17-15(10-26-29-17)28-18(32)30-12-21(23,24)6-5-20(30)3-4-20/h7-10H,3-6,11-12H2,1-2H3,(H,26,29)(H,28,32). The molecule has 2 amide bonds. The molecule has 1 aliphatic carbocycles. The summed E-state index contributed by atoms with van der Waals surface area (Å²) in [6.07, 6.45) is 6.22. The molecule has 2 fully saturated rings. The molecule has 1 saturated carbocycles. The summed E-state index contributed by atoms with van der Waals surface area (Å²) in [6.45, 7) is 2.43. The minimum Gasteiger partial charge on any atom is -0.313 e. The van der Waals surface area contributed by atoms with E-state index in [1.807, 2.05) is 0 Å². The van der Waals surface area contributed by atoms with E-state index in [2.05, 4.69) is 25.6 Å². The Kier molecular flexibility index (Phi) is 4.51. The lowest BCUT2D eigenvalue weighted by Gasteiger charge is -2.40. The number of halogens is 3. The Bertz CT molecular complexity index is 1180. The molecule has 32 heavy (non-hydrogen) atoms. The summed E-state index contributed by atoms with van der Waals surface area (Å²) in [7, 11) is 0. The maximum atomic E-state index is 14.2. The first kappa shape index (κ1) is 20.8. The van der Waals surface area contributed by atoms with Crippen LogP contribution >= 0.6 is 0 Å². The van der Waals surface area contributed by atoms with E-state index in [0.29, 0.717) is 29.0 Å². The number of aromatic amines is 1. The highest BCUT2D eigenvalue weighted by atomic mass is 19.3. The molecule has 2 aliphatic rings. The van der Waals surface area contributed by atoms with Crippen LogP contribution in [0.2, 0.25) is 0 Å². The number of nitrogens with one attached hydrogen (secondary N) is 2. The first-order valence-electron chi connectivity index (χ1n) is 10.6. The second-order valence-electron chi connectivity index (χ2n) is 9.40. The molecule has 0 radical (unpaired) electrons. The molecular weight excluding hydrogens is 423 g/mol. The van der Waals surface area contributed by atoms with Gasteiger partial charge >= 0.3 is 6.03 Å². The maximum absolute atomic E-state index is 14.2. The van der Waals surface area contributed by atoms with Gasteiger partial charge in [0.1, 0.15) is 11.4 Å². The SMILES string of the molecule is CC(C)(F)Cn1ncc2cnc(-c3[nH]ncc3NC(=O)N3CC(F)(F)CCC34CC4)cc21. The zero-order valence-corrected chi connectivity index (χ0v) is 17.8. The fourth-order valence-corrected chi connectivity index (χ4v) is 4.33. The molecule has 0 bridgehead atoms. The molecule has 170 valence electrons. The van der Waals surface area contributed by atoms with Crippen molar-refractivity contribution in [1.82, 2.24) is 29.9 Å². The number of hydrogen-bond acceptors (Lipinski definition) is 4. The van der Waals surface area contributed by atoms with Crippen molar-refractivity contribution in [2.75, 3.05) is 11.9 Å². The number of fused-ring (bicyclic) bond motifs is 1. The molecule has 1 spiro atoms. The molecular formula is C21H24F3N7O. The van der Waals surface area contributed by atoms with E-state index < -0.39 is 29.7 Å². The predicted molar refractivity (Wildman–Crippen MR) is 112 cm³/mol. The quantitative estimate of drug-likeness (QED) is 0.622. The number of rotatable bonds is 4. The first-order chi connectivity index (χ1) is 15.1. The van der Waals surface area contributed by atoms with Crippen LogP contribution in [0.3, 0.4) is 0 Å². The Morgan fingerprint density at radius 3 is 2.69 bits per heavy atom. The summed E-state index contributed by atoms with van der Waals surface area (Å²) >= 11 is 0. The van der Waals surface area contributed by atoms with E-state index in [1.54, 1.807) is 23.1 Å². The average Bonchev–Trinajstić information content (AvgIpc) is 3.17. The molecule has 0 aromatic carbocycles. The van der Waals surface area contributed by atoms with E-state index in [1.165, 1.54) is 24.9 Å². The third kappa shape index (κ3) is 3.80. The van der Waals surface area contributed by atoms with Gasteiger partial charge in [-0.15, -0.1) is 0 Å². The van der Waals surface area contributed by atoms with Crippen LogP contribution in [-0.2, 0) is 6.54 Å². The van der Waals surface area contributed by atoms with E-state index in [9.17, 15) is 18.0 Å². The number of carbonyl (C=O) groups excluding carboxylic acids is 1. The van der Waals surface area contributed by atoms with Crippen LogP contribution in [0, 0.1) is 0 Å². The van der Waals surface area contributed by atoms with Gasteiger partial charge in [0.05, 0.1) is 42.4 Å². The third-order valence-corrected chi connectivity index (χ3v) is 6.18. The van der Waals surface area contributed by atoms with Gasteiger partial charge in [-0.1, -0.05) is 0 Å². The van der Waals surface area contributed by atoms with Crippen molar-refractivity contribution >= 4 is 22.6 Å². The number of piperidine rings is 1. The van der Waals surface area contributed by atoms with Gasteiger partial charge in [0, 0.05) is 23.5 Å². The monoisotopic (exact) mass is 447 g/mol. The number of carbonyl (C=O) groups is 1. The molecule has 1 saturated heterocycles. The van der Waals surface area contributed by atoms with Gasteiger partial charge in [-0.2, -0.15) is 10.2 Å². The van der Waals surface area contributed by atoms with Crippen LogP contribution in [-0.4, -0.2) is 59.6 Å². The number of anilines is 1. The topological polar surface area (TPSA) is 91.7 Å². The molecule has 0 unspecified atom stereocenters. The van der Waals surface area contributed by atoms with Gasteiger partial charge < -0.3 is 10.2 Å². The summed E-state index contributed by atoms with van der Waals surface area (Å²) in [5, 5.41) is 14.5. The van der Waals surface area contributed by atoms with Crippen LogP contribution in [0.25, 0.3) is 22.3 Å². The number of pyridine rings is 1. The van der Waals surface area contributed by atoms with Crippen LogP contribution in [0.5, 0.6) is 0 Å². The Labute approximate surface area is 182 Å². The molecule has 1 aliphatic heterocycles. The number of nitrogens with zero attached hydrogens (tertiary/aromatic N) is 5. The normalized spacial score (nSPS) is 19.5. The van der Waals surface area contributed by atoms with Gasteiger partial charge in [-0.05, 0) is 39.2 Å². The fourth-order valence-electron chi connectivity index (χ4n) is 4.33. The van der Waals surface area contributed by atoms with Crippen molar-refractivity contribution in [1.29, 1.82) is 0 Å². The lowest BCUT2D eigenvalue weighted by atomic mass is 9.97. The van der Waals surface area contributed by atoms with Gasteiger partial charge in [-0.25, -0.2) is 18.0 Å². The van der Waals surface area contributed by atoms with E-state index in [-0.39, 0.29) is 13.0 Å². The Balaban J connectivity index is 1.42. The number of aromatic nitrogens is 5. The lowest BCUT2D eigenvalue weighted by Crippen LogP contribution is -2.54. The zero-order chi connectivity index (χ0) is 22.7. The zero-order valence-electron chi connectivity index (χ0n) is 17.8. The van der Waals surface area contributed by atoms with Crippen LogP contribution < -0.4 is 5.32 Å². The van der Waals surface area contributed by atoms with Gasteiger partial charge in [-0.3, -0.25) is 14.8 Å². The smallest absolute Gasteiger partial charge is 0.313 e. The highest BCUT2D eigenvalue weighted by molar-refractivity contribution is 5.94. The van der Waals surface area contributed by atoms with E-state index in [4.69, 9.17) is 0 Å². The molecule has 3 aromatic heterocycles. The average molecular weight is 447 g/mol. The highest BCUT2D eigenvalue weighted by Gasteiger charge is 2.57. The highest BCUT2D eigenvalue weighted by Crippen LogP contribution is 2.51. The van der Waals surface area contributed by atoms with Crippen molar-refractivity contribution in [3.8, 4) is 11.4 Å². The number of urea groups is 1. The van der Waals surface area contributed by atoms with Crippen LogP contribution in [0.1, 0.15) is 39.5 Å². The second-order valence-corrected chi connectivity index (χ2v) is 9.40. The Morgan fingerprint density at radius 2 is 1.97 bits per heavy atom. The van der Waals surface area contributed by atoms with Crippen LogP contribution in [0.4, 0.5) is 23.7 Å². The van der Waals surface area contributed by atoms with Gasteiger partial charge in [0.15, 0.2) is 0 Å². The minimum absolute atomic E-state index is 0.0672. The van der Waals surface area contributed by atoms with Crippen molar-refractivity contribution in [2.24, 2.45) is 0 Å². The van der Waals surface area contributed by atoms with E-state index >= 15 is 0 Å². The van der Waals surface area contributed by atoms with Gasteiger partial charge in [0.25, 0.3) is 5.92 Å². The minimum atomic E-state index is -2.89. The second kappa shape index (κ2) is 6.94. The summed E-state index contributed by atoms with van der Waals surface area (Å²) in [6, 6.07) is 1.16. The molecule has 3 aromatic rings. The number of hydrogen-bond donors (Lipinski definition) is 2.